The zero-order chi connectivity index (χ0) is 16.6. The second-order valence-corrected chi connectivity index (χ2v) is 8.14. The smallest absolute Gasteiger partial charge is 0.226 e. The molecule has 1 aromatic rings. The molecule has 0 N–H and O–H groups in total. The first-order chi connectivity index (χ1) is 10.8. The van der Waals surface area contributed by atoms with Gasteiger partial charge in [0.05, 0.1) is 12.7 Å². The topological polar surface area (TPSA) is 49.6 Å². The largest absolute Gasteiger partial charge is 0.444 e. The van der Waals surface area contributed by atoms with Crippen LogP contribution in [0.3, 0.4) is 0 Å². The Morgan fingerprint density at radius 2 is 2.04 bits per heavy atom. The van der Waals surface area contributed by atoms with Crippen LogP contribution in [0.5, 0.6) is 0 Å². The maximum atomic E-state index is 12.4. The van der Waals surface area contributed by atoms with E-state index in [0.717, 1.165) is 57.2 Å². The lowest BCUT2D eigenvalue weighted by Crippen LogP contribution is -2.36. The van der Waals surface area contributed by atoms with Crippen LogP contribution in [-0.4, -0.2) is 46.9 Å². The first-order valence-corrected chi connectivity index (χ1v) is 8.81. The summed E-state index contributed by atoms with van der Waals surface area (Å²) in [6.07, 6.45) is 3.95. The van der Waals surface area contributed by atoms with Crippen LogP contribution in [0.15, 0.2) is 10.6 Å². The maximum absolute atomic E-state index is 12.4. The van der Waals surface area contributed by atoms with Gasteiger partial charge in [0.25, 0.3) is 0 Å². The van der Waals surface area contributed by atoms with E-state index in [4.69, 9.17) is 4.42 Å². The SMILES string of the molecule is CC1CC1C(=O)N1CCCN(Cc2ncc(C(C)(C)C)o2)CC1. The van der Waals surface area contributed by atoms with E-state index in [1.807, 2.05) is 6.20 Å². The molecule has 2 atom stereocenters. The van der Waals surface area contributed by atoms with Crippen LogP contribution >= 0.6 is 0 Å². The average molecular weight is 319 g/mol. The maximum Gasteiger partial charge on any atom is 0.226 e. The molecular formula is C18H29N3O2. The molecule has 23 heavy (non-hydrogen) atoms. The van der Waals surface area contributed by atoms with Gasteiger partial charge in [-0.15, -0.1) is 0 Å². The fourth-order valence-corrected chi connectivity index (χ4v) is 3.17. The van der Waals surface area contributed by atoms with Crippen LogP contribution in [0.2, 0.25) is 0 Å². The zero-order valence-electron chi connectivity index (χ0n) is 14.8. The van der Waals surface area contributed by atoms with Gasteiger partial charge in [0.15, 0.2) is 0 Å². The van der Waals surface area contributed by atoms with Crippen LogP contribution in [0, 0.1) is 11.8 Å². The minimum atomic E-state index is -0.00574. The molecule has 2 aliphatic rings. The van der Waals surface area contributed by atoms with E-state index in [2.05, 4.69) is 42.5 Å². The molecule has 3 rings (SSSR count). The molecule has 1 saturated heterocycles. The highest BCUT2D eigenvalue weighted by atomic mass is 16.4. The van der Waals surface area contributed by atoms with Gasteiger partial charge in [-0.2, -0.15) is 0 Å². The van der Waals surface area contributed by atoms with Crippen molar-refractivity contribution in [2.45, 2.75) is 52.5 Å². The van der Waals surface area contributed by atoms with Crippen LogP contribution in [0.25, 0.3) is 0 Å². The molecule has 5 heteroatoms. The average Bonchev–Trinajstić information content (AvgIpc) is 3.08. The van der Waals surface area contributed by atoms with E-state index in [9.17, 15) is 4.79 Å². The standard InChI is InChI=1S/C18H29N3O2/c1-13-10-14(13)17(22)21-7-5-6-20(8-9-21)12-16-19-11-15(23-16)18(2,3)4/h11,13-14H,5-10,12H2,1-4H3. The first-order valence-electron chi connectivity index (χ1n) is 8.81. The van der Waals surface area contributed by atoms with Crippen molar-refractivity contribution in [3.05, 3.63) is 17.8 Å². The van der Waals surface area contributed by atoms with Crippen molar-refractivity contribution in [3.63, 3.8) is 0 Å². The van der Waals surface area contributed by atoms with Gasteiger partial charge in [-0.25, -0.2) is 4.98 Å². The molecule has 0 radical (unpaired) electrons. The summed E-state index contributed by atoms with van der Waals surface area (Å²) < 4.78 is 5.89. The van der Waals surface area contributed by atoms with Crippen molar-refractivity contribution in [1.29, 1.82) is 0 Å². The van der Waals surface area contributed by atoms with Gasteiger partial charge in [-0.3, -0.25) is 9.69 Å². The predicted molar refractivity (Wildman–Crippen MR) is 88.9 cm³/mol. The van der Waals surface area contributed by atoms with Crippen molar-refractivity contribution >= 4 is 5.91 Å². The minimum absolute atomic E-state index is 0.00574. The number of aromatic nitrogens is 1. The highest BCUT2D eigenvalue weighted by Crippen LogP contribution is 2.39. The Labute approximate surface area is 139 Å². The number of hydrogen-bond acceptors (Lipinski definition) is 4. The van der Waals surface area contributed by atoms with Gasteiger partial charge in [0.1, 0.15) is 5.76 Å². The van der Waals surface area contributed by atoms with E-state index in [0.29, 0.717) is 17.7 Å². The third-order valence-corrected chi connectivity index (χ3v) is 4.98. The van der Waals surface area contributed by atoms with Crippen molar-refractivity contribution in [3.8, 4) is 0 Å². The third-order valence-electron chi connectivity index (χ3n) is 4.98. The fourth-order valence-electron chi connectivity index (χ4n) is 3.17. The number of nitrogens with zero attached hydrogens (tertiary/aromatic N) is 3. The van der Waals surface area contributed by atoms with Gasteiger partial charge in [0, 0.05) is 37.5 Å². The number of carbonyl (C=O) groups excluding carboxylic acids is 1. The summed E-state index contributed by atoms with van der Waals surface area (Å²) in [7, 11) is 0. The second kappa shape index (κ2) is 6.27. The summed E-state index contributed by atoms with van der Waals surface area (Å²) in [6.45, 7) is 12.9. The lowest BCUT2D eigenvalue weighted by Gasteiger charge is -2.21. The number of hydrogen-bond donors (Lipinski definition) is 0. The summed E-state index contributed by atoms with van der Waals surface area (Å²) in [5, 5.41) is 0. The number of rotatable bonds is 3. The molecule has 1 aromatic heterocycles. The van der Waals surface area contributed by atoms with E-state index in [1.54, 1.807) is 0 Å². The molecule has 0 spiro atoms. The highest BCUT2D eigenvalue weighted by Gasteiger charge is 2.41. The van der Waals surface area contributed by atoms with Gasteiger partial charge in [0.2, 0.25) is 11.8 Å². The monoisotopic (exact) mass is 319 g/mol. The molecule has 2 unspecified atom stereocenters. The summed E-state index contributed by atoms with van der Waals surface area (Å²) in [4.78, 5) is 21.2. The van der Waals surface area contributed by atoms with Gasteiger partial charge in [-0.05, 0) is 18.8 Å². The third kappa shape index (κ3) is 3.94. The molecule has 1 saturated carbocycles. The van der Waals surface area contributed by atoms with Crippen LogP contribution < -0.4 is 0 Å². The summed E-state index contributed by atoms with van der Waals surface area (Å²) >= 11 is 0. The van der Waals surface area contributed by atoms with Crippen LogP contribution in [0.4, 0.5) is 0 Å². The Hall–Kier alpha value is -1.36. The lowest BCUT2D eigenvalue weighted by atomic mass is 9.94. The lowest BCUT2D eigenvalue weighted by molar-refractivity contribution is -0.132. The quantitative estimate of drug-likeness (QED) is 0.859. The molecule has 2 heterocycles. The molecule has 2 fully saturated rings. The minimum Gasteiger partial charge on any atom is -0.444 e. The summed E-state index contributed by atoms with van der Waals surface area (Å²) in [5.41, 5.74) is -0.00574. The molecular weight excluding hydrogens is 290 g/mol. The second-order valence-electron chi connectivity index (χ2n) is 8.14. The molecule has 5 nitrogen and oxygen atoms in total. The van der Waals surface area contributed by atoms with Gasteiger partial charge < -0.3 is 9.32 Å². The Balaban J connectivity index is 1.54. The molecule has 1 aliphatic carbocycles. The number of carbonyl (C=O) groups is 1. The van der Waals surface area contributed by atoms with E-state index in [1.165, 1.54) is 0 Å². The van der Waals surface area contributed by atoms with Crippen molar-refractivity contribution < 1.29 is 9.21 Å². The summed E-state index contributed by atoms with van der Waals surface area (Å²) in [5.74, 6) is 2.96. The van der Waals surface area contributed by atoms with E-state index in [-0.39, 0.29) is 5.41 Å². The highest BCUT2D eigenvalue weighted by molar-refractivity contribution is 5.81. The Kier molecular flexibility index (Phi) is 4.50. The molecule has 1 aliphatic heterocycles. The molecule has 1 amide bonds. The number of amides is 1. The predicted octanol–water partition coefficient (Wildman–Crippen LogP) is 2.66. The van der Waals surface area contributed by atoms with Gasteiger partial charge in [-0.1, -0.05) is 27.7 Å². The van der Waals surface area contributed by atoms with E-state index < -0.39 is 0 Å². The van der Waals surface area contributed by atoms with Gasteiger partial charge >= 0.3 is 0 Å². The molecule has 128 valence electrons. The summed E-state index contributed by atoms with van der Waals surface area (Å²) in [6, 6.07) is 0. The van der Waals surface area contributed by atoms with Crippen LogP contribution in [-0.2, 0) is 16.8 Å². The van der Waals surface area contributed by atoms with Crippen LogP contribution in [0.1, 0.15) is 52.2 Å². The number of oxazole rings is 1. The Bertz CT molecular complexity index is 561. The first kappa shape index (κ1) is 16.5. The normalized spacial score (nSPS) is 26.2. The molecule has 0 aromatic carbocycles. The van der Waals surface area contributed by atoms with E-state index >= 15 is 0 Å². The Morgan fingerprint density at radius 3 is 2.65 bits per heavy atom. The zero-order valence-corrected chi connectivity index (χ0v) is 14.8. The molecule has 0 bridgehead atoms. The fraction of sp³-hybridized carbons (Fsp3) is 0.778. The van der Waals surface area contributed by atoms with Crippen molar-refractivity contribution in [1.82, 2.24) is 14.8 Å². The van der Waals surface area contributed by atoms with Crippen molar-refractivity contribution in [2.75, 3.05) is 26.2 Å². The Morgan fingerprint density at radius 1 is 1.30 bits per heavy atom. The van der Waals surface area contributed by atoms with Crippen molar-refractivity contribution in [2.24, 2.45) is 11.8 Å².